The van der Waals surface area contributed by atoms with Crippen molar-refractivity contribution in [3.8, 4) is 11.5 Å². The van der Waals surface area contributed by atoms with Crippen LogP contribution in [0.1, 0.15) is 30.0 Å². The minimum atomic E-state index is -0.719. The van der Waals surface area contributed by atoms with Gasteiger partial charge in [0.2, 0.25) is 6.79 Å². The summed E-state index contributed by atoms with van der Waals surface area (Å²) in [5.74, 6) is 0.450. The zero-order chi connectivity index (χ0) is 19.0. The van der Waals surface area contributed by atoms with E-state index in [0.717, 1.165) is 22.6 Å². The Hall–Kier alpha value is -1.95. The Morgan fingerprint density at radius 2 is 1.67 bits per heavy atom. The number of ether oxygens (including phenoxy) is 2. The number of benzene rings is 2. The molecule has 0 aliphatic carbocycles. The van der Waals surface area contributed by atoms with Crippen LogP contribution in [0.2, 0.25) is 10.0 Å². The fraction of sp³-hybridized carbons (Fsp3) is 0.350. The molecule has 1 unspecified atom stereocenters. The predicted octanol–water partition coefficient (Wildman–Crippen LogP) is 4.61. The zero-order valence-electron chi connectivity index (χ0n) is 14.5. The Balaban J connectivity index is 1.69. The van der Waals surface area contributed by atoms with Crippen LogP contribution in [0, 0.1) is 5.92 Å². The third-order valence-corrected chi connectivity index (χ3v) is 5.95. The van der Waals surface area contributed by atoms with Crippen LogP contribution >= 0.6 is 23.2 Å². The largest absolute Gasteiger partial charge is 0.481 e. The third kappa shape index (κ3) is 3.72. The number of nitrogens with zero attached hydrogens (tertiary/aromatic N) is 1. The van der Waals surface area contributed by atoms with Crippen LogP contribution in [-0.2, 0) is 4.79 Å². The van der Waals surface area contributed by atoms with Crippen LogP contribution in [-0.4, -0.2) is 35.9 Å². The number of hydrogen-bond acceptors (Lipinski definition) is 4. The van der Waals surface area contributed by atoms with Gasteiger partial charge in [-0.1, -0.05) is 35.3 Å². The molecule has 2 aromatic rings. The van der Waals surface area contributed by atoms with Gasteiger partial charge in [-0.15, -0.1) is 0 Å². The maximum atomic E-state index is 11.3. The quantitative estimate of drug-likeness (QED) is 0.801. The number of fused-ring (bicyclic) bond motifs is 1. The van der Waals surface area contributed by atoms with Crippen LogP contribution in [0.15, 0.2) is 36.4 Å². The molecule has 0 spiro atoms. The van der Waals surface area contributed by atoms with Gasteiger partial charge in [-0.05, 0) is 61.3 Å². The Morgan fingerprint density at radius 1 is 1.00 bits per heavy atom. The number of carboxylic acid groups (broad SMARTS) is 1. The number of piperidine rings is 1. The van der Waals surface area contributed by atoms with E-state index >= 15 is 0 Å². The van der Waals surface area contributed by atoms with Gasteiger partial charge in [0.1, 0.15) is 0 Å². The molecule has 5 nitrogen and oxygen atoms in total. The van der Waals surface area contributed by atoms with E-state index in [4.69, 9.17) is 32.7 Å². The van der Waals surface area contributed by atoms with Gasteiger partial charge in [0.25, 0.3) is 0 Å². The molecule has 1 N–H and O–H groups in total. The van der Waals surface area contributed by atoms with E-state index in [1.165, 1.54) is 0 Å². The second-order valence-corrected chi connectivity index (χ2v) is 7.65. The molecule has 4 rings (SSSR count). The molecule has 0 aromatic heterocycles. The van der Waals surface area contributed by atoms with E-state index in [1.54, 1.807) is 6.07 Å². The SMILES string of the molecule is O=C(O)C1CCN(C(c2ccc(Cl)c(Cl)c2)c2ccc3c(c2)OCO3)CC1. The Kier molecular flexibility index (Phi) is 5.17. The predicted molar refractivity (Wildman–Crippen MR) is 103 cm³/mol. The highest BCUT2D eigenvalue weighted by atomic mass is 35.5. The number of likely N-dealkylation sites (tertiary alicyclic amines) is 1. The summed E-state index contributed by atoms with van der Waals surface area (Å²) in [6, 6.07) is 11.5. The zero-order valence-corrected chi connectivity index (χ0v) is 16.0. The Morgan fingerprint density at radius 3 is 2.37 bits per heavy atom. The average Bonchev–Trinajstić information content (AvgIpc) is 3.13. The summed E-state index contributed by atoms with van der Waals surface area (Å²) in [6.07, 6.45) is 1.25. The van der Waals surface area contributed by atoms with E-state index in [-0.39, 0.29) is 18.8 Å². The number of halogens is 2. The van der Waals surface area contributed by atoms with Gasteiger partial charge in [-0.3, -0.25) is 9.69 Å². The van der Waals surface area contributed by atoms with Crippen molar-refractivity contribution in [1.29, 1.82) is 0 Å². The van der Waals surface area contributed by atoms with Crippen molar-refractivity contribution >= 4 is 29.2 Å². The summed E-state index contributed by atoms with van der Waals surface area (Å²) in [5.41, 5.74) is 2.06. The molecule has 2 aliphatic rings. The number of carbonyl (C=O) groups is 1. The van der Waals surface area contributed by atoms with Crippen molar-refractivity contribution in [2.45, 2.75) is 18.9 Å². The van der Waals surface area contributed by atoms with Crippen molar-refractivity contribution in [3.63, 3.8) is 0 Å². The van der Waals surface area contributed by atoms with Gasteiger partial charge in [-0.2, -0.15) is 0 Å². The smallest absolute Gasteiger partial charge is 0.306 e. The normalized spacial score (nSPS) is 18.4. The first kappa shape index (κ1) is 18.4. The summed E-state index contributed by atoms with van der Waals surface area (Å²) in [5, 5.41) is 10.3. The molecule has 142 valence electrons. The van der Waals surface area contributed by atoms with Crippen LogP contribution in [0.5, 0.6) is 11.5 Å². The van der Waals surface area contributed by atoms with E-state index in [2.05, 4.69) is 4.90 Å². The Labute approximate surface area is 167 Å². The first-order chi connectivity index (χ1) is 13.0. The molecule has 2 aromatic carbocycles. The lowest BCUT2D eigenvalue weighted by atomic mass is 9.91. The molecule has 0 saturated carbocycles. The molecule has 1 saturated heterocycles. The average molecular weight is 408 g/mol. The molecule has 2 heterocycles. The monoisotopic (exact) mass is 407 g/mol. The highest BCUT2D eigenvalue weighted by molar-refractivity contribution is 6.42. The summed E-state index contributed by atoms with van der Waals surface area (Å²) in [4.78, 5) is 13.6. The van der Waals surface area contributed by atoms with Crippen molar-refractivity contribution < 1.29 is 19.4 Å². The highest BCUT2D eigenvalue weighted by Gasteiger charge is 2.31. The minimum absolute atomic E-state index is 0.0657. The summed E-state index contributed by atoms with van der Waals surface area (Å²) >= 11 is 12.4. The van der Waals surface area contributed by atoms with Gasteiger partial charge >= 0.3 is 5.97 Å². The van der Waals surface area contributed by atoms with E-state index in [0.29, 0.717) is 36.0 Å². The number of hydrogen-bond donors (Lipinski definition) is 1. The molecule has 2 aliphatic heterocycles. The van der Waals surface area contributed by atoms with Crippen molar-refractivity contribution in [3.05, 3.63) is 57.6 Å². The first-order valence-corrected chi connectivity index (χ1v) is 9.60. The summed E-state index contributed by atoms with van der Waals surface area (Å²) in [7, 11) is 0. The molecular formula is C20H19Cl2NO4. The molecule has 0 bridgehead atoms. The van der Waals surface area contributed by atoms with Crippen LogP contribution < -0.4 is 9.47 Å². The molecule has 1 fully saturated rings. The molecule has 0 amide bonds. The minimum Gasteiger partial charge on any atom is -0.481 e. The van der Waals surface area contributed by atoms with E-state index < -0.39 is 5.97 Å². The second kappa shape index (κ2) is 7.58. The van der Waals surface area contributed by atoms with Gasteiger partial charge in [0.05, 0.1) is 22.0 Å². The van der Waals surface area contributed by atoms with Crippen LogP contribution in [0.25, 0.3) is 0 Å². The number of aliphatic carboxylic acids is 1. The van der Waals surface area contributed by atoms with Gasteiger partial charge < -0.3 is 14.6 Å². The van der Waals surface area contributed by atoms with Gasteiger partial charge in [0.15, 0.2) is 11.5 Å². The van der Waals surface area contributed by atoms with Gasteiger partial charge in [0, 0.05) is 0 Å². The third-order valence-electron chi connectivity index (χ3n) is 5.22. The lowest BCUT2D eigenvalue weighted by Gasteiger charge is -2.37. The number of carboxylic acids is 1. The fourth-order valence-corrected chi connectivity index (χ4v) is 4.09. The number of rotatable bonds is 4. The van der Waals surface area contributed by atoms with Crippen molar-refractivity contribution in [2.24, 2.45) is 5.92 Å². The second-order valence-electron chi connectivity index (χ2n) is 6.84. The molecular weight excluding hydrogens is 389 g/mol. The summed E-state index contributed by atoms with van der Waals surface area (Å²) in [6.45, 7) is 1.60. The van der Waals surface area contributed by atoms with Crippen molar-refractivity contribution in [1.82, 2.24) is 4.90 Å². The molecule has 27 heavy (non-hydrogen) atoms. The van der Waals surface area contributed by atoms with E-state index in [1.807, 2.05) is 30.3 Å². The van der Waals surface area contributed by atoms with Crippen molar-refractivity contribution in [2.75, 3.05) is 19.9 Å². The maximum Gasteiger partial charge on any atom is 0.306 e. The molecule has 0 radical (unpaired) electrons. The first-order valence-electron chi connectivity index (χ1n) is 8.84. The van der Waals surface area contributed by atoms with E-state index in [9.17, 15) is 9.90 Å². The lowest BCUT2D eigenvalue weighted by molar-refractivity contribution is -0.143. The molecule has 7 heteroatoms. The lowest BCUT2D eigenvalue weighted by Crippen LogP contribution is -2.39. The van der Waals surface area contributed by atoms with Gasteiger partial charge in [-0.25, -0.2) is 0 Å². The van der Waals surface area contributed by atoms with Crippen LogP contribution in [0.4, 0.5) is 0 Å². The fourth-order valence-electron chi connectivity index (χ4n) is 3.78. The topological polar surface area (TPSA) is 59.0 Å². The standard InChI is InChI=1S/C20H19Cl2NO4/c21-15-3-1-13(9-16(15)22)19(23-7-5-12(6-8-23)20(24)25)14-2-4-17-18(10-14)27-11-26-17/h1-4,9-10,12,19H,5-8,11H2,(H,24,25). The van der Waals surface area contributed by atoms with Crippen LogP contribution in [0.3, 0.4) is 0 Å². The molecule has 1 atom stereocenters. The maximum absolute atomic E-state index is 11.3. The highest BCUT2D eigenvalue weighted by Crippen LogP contribution is 2.40. The summed E-state index contributed by atoms with van der Waals surface area (Å²) < 4.78 is 11.0. The Bertz CT molecular complexity index is 865.